The van der Waals surface area contributed by atoms with Crippen molar-refractivity contribution in [2.75, 3.05) is 0 Å². The molecule has 0 radical (unpaired) electrons. The third-order valence-corrected chi connectivity index (χ3v) is 7.51. The van der Waals surface area contributed by atoms with Crippen molar-refractivity contribution in [2.24, 2.45) is 0 Å². The van der Waals surface area contributed by atoms with Crippen LogP contribution < -0.4 is 5.46 Å². The van der Waals surface area contributed by atoms with Gasteiger partial charge in [0.15, 0.2) is 0 Å². The lowest BCUT2D eigenvalue weighted by Crippen LogP contribution is -2.41. The van der Waals surface area contributed by atoms with Crippen LogP contribution in [0.5, 0.6) is 0 Å². The van der Waals surface area contributed by atoms with Gasteiger partial charge in [-0.1, -0.05) is 84.9 Å². The first-order valence-electron chi connectivity index (χ1n) is 12.2. The predicted octanol–water partition coefficient (Wildman–Crippen LogP) is 7.02. The van der Waals surface area contributed by atoms with Crippen molar-refractivity contribution in [3.8, 4) is 22.4 Å². The van der Waals surface area contributed by atoms with Gasteiger partial charge in [-0.2, -0.15) is 0 Å². The van der Waals surface area contributed by atoms with Gasteiger partial charge in [0.2, 0.25) is 0 Å². The van der Waals surface area contributed by atoms with Gasteiger partial charge in [0.1, 0.15) is 0 Å². The minimum absolute atomic E-state index is 0.360. The average molecular weight is 457 g/mol. The second kappa shape index (κ2) is 8.05. The number of benzene rings is 4. The van der Waals surface area contributed by atoms with E-state index in [-0.39, 0.29) is 18.3 Å². The van der Waals surface area contributed by atoms with E-state index in [2.05, 4.69) is 119 Å². The van der Waals surface area contributed by atoms with E-state index in [1.165, 1.54) is 21.7 Å². The number of pyridine rings is 1. The Kier molecular flexibility index (Phi) is 5.06. The topological polar surface area (TPSA) is 31.4 Å². The van der Waals surface area contributed by atoms with Gasteiger partial charge in [0, 0.05) is 10.9 Å². The Morgan fingerprint density at radius 2 is 1.31 bits per heavy atom. The molecule has 0 bridgehead atoms. The zero-order chi connectivity index (χ0) is 24.2. The molecule has 4 heteroatoms. The van der Waals surface area contributed by atoms with E-state index in [1.54, 1.807) is 0 Å². The minimum Gasteiger partial charge on any atom is -0.399 e. The largest absolute Gasteiger partial charge is 0.494 e. The van der Waals surface area contributed by atoms with E-state index < -0.39 is 0 Å². The molecule has 1 aliphatic rings. The molecule has 1 fully saturated rings. The lowest BCUT2D eigenvalue weighted by molar-refractivity contribution is 0.00578. The van der Waals surface area contributed by atoms with Crippen molar-refractivity contribution in [3.05, 3.63) is 97.1 Å². The average Bonchev–Trinajstić information content (AvgIpc) is 3.10. The minimum atomic E-state index is -0.371. The molecule has 2 heterocycles. The van der Waals surface area contributed by atoms with Crippen LogP contribution in [0.15, 0.2) is 97.1 Å². The lowest BCUT2D eigenvalue weighted by Gasteiger charge is -2.32. The molecule has 6 rings (SSSR count). The Morgan fingerprint density at radius 3 is 2.03 bits per heavy atom. The summed E-state index contributed by atoms with van der Waals surface area (Å²) in [5, 5.41) is 3.60. The van der Waals surface area contributed by atoms with Crippen LogP contribution in [-0.4, -0.2) is 23.3 Å². The summed E-state index contributed by atoms with van der Waals surface area (Å²) in [7, 11) is -0.371. The van der Waals surface area contributed by atoms with Gasteiger partial charge in [-0.15, -0.1) is 0 Å². The van der Waals surface area contributed by atoms with Crippen LogP contribution in [0.1, 0.15) is 27.7 Å². The Morgan fingerprint density at radius 1 is 0.657 bits per heavy atom. The molecule has 0 spiro atoms. The first kappa shape index (κ1) is 22.0. The number of aromatic nitrogens is 1. The summed E-state index contributed by atoms with van der Waals surface area (Å²) < 4.78 is 12.5. The summed E-state index contributed by atoms with van der Waals surface area (Å²) in [5.74, 6) is 0. The third-order valence-electron chi connectivity index (χ3n) is 7.51. The molecule has 0 atom stereocenters. The van der Waals surface area contributed by atoms with E-state index in [1.807, 2.05) is 6.07 Å². The lowest BCUT2D eigenvalue weighted by atomic mass is 9.78. The highest BCUT2D eigenvalue weighted by Gasteiger charge is 2.51. The molecule has 1 aliphatic heterocycles. The zero-order valence-corrected chi connectivity index (χ0v) is 20.6. The van der Waals surface area contributed by atoms with E-state index in [4.69, 9.17) is 14.3 Å². The number of hydrogen-bond donors (Lipinski definition) is 0. The summed E-state index contributed by atoms with van der Waals surface area (Å²) >= 11 is 0. The first-order chi connectivity index (χ1) is 16.8. The van der Waals surface area contributed by atoms with Crippen molar-refractivity contribution >= 4 is 34.3 Å². The number of fused-ring (bicyclic) bond motifs is 3. The second-order valence-electron chi connectivity index (χ2n) is 10.3. The Labute approximate surface area is 206 Å². The van der Waals surface area contributed by atoms with Gasteiger partial charge in [-0.3, -0.25) is 0 Å². The van der Waals surface area contributed by atoms with Crippen molar-refractivity contribution in [2.45, 2.75) is 38.9 Å². The van der Waals surface area contributed by atoms with E-state index >= 15 is 0 Å². The molecule has 1 aromatic heterocycles. The summed E-state index contributed by atoms with van der Waals surface area (Å²) in [6, 6.07) is 34.0. The van der Waals surface area contributed by atoms with Crippen molar-refractivity contribution in [3.63, 3.8) is 0 Å². The molecule has 0 aliphatic carbocycles. The van der Waals surface area contributed by atoms with Crippen LogP contribution >= 0.6 is 0 Å². The maximum absolute atomic E-state index is 6.27. The van der Waals surface area contributed by atoms with Gasteiger partial charge < -0.3 is 9.31 Å². The molecule has 0 N–H and O–H groups in total. The van der Waals surface area contributed by atoms with E-state index in [9.17, 15) is 0 Å². The van der Waals surface area contributed by atoms with Crippen molar-refractivity contribution in [1.29, 1.82) is 0 Å². The van der Waals surface area contributed by atoms with Crippen molar-refractivity contribution < 1.29 is 9.31 Å². The van der Waals surface area contributed by atoms with Gasteiger partial charge in [0.25, 0.3) is 0 Å². The summed E-state index contributed by atoms with van der Waals surface area (Å²) in [4.78, 5) is 5.05. The van der Waals surface area contributed by atoms with E-state index in [0.29, 0.717) is 0 Å². The van der Waals surface area contributed by atoms with Crippen LogP contribution in [0.2, 0.25) is 0 Å². The molecule has 0 unspecified atom stereocenters. The number of rotatable bonds is 3. The van der Waals surface area contributed by atoms with Crippen LogP contribution in [-0.2, 0) is 9.31 Å². The Hall–Kier alpha value is -3.47. The van der Waals surface area contributed by atoms with Gasteiger partial charge in [-0.05, 0) is 67.2 Å². The molecule has 0 saturated carbocycles. The number of hydrogen-bond acceptors (Lipinski definition) is 3. The Balaban J connectivity index is 1.51. The van der Waals surface area contributed by atoms with Gasteiger partial charge >= 0.3 is 7.12 Å². The quantitative estimate of drug-likeness (QED) is 0.216. The van der Waals surface area contributed by atoms with Crippen LogP contribution in [0.25, 0.3) is 44.1 Å². The molecule has 1 saturated heterocycles. The van der Waals surface area contributed by atoms with Crippen molar-refractivity contribution in [1.82, 2.24) is 4.98 Å². The second-order valence-corrected chi connectivity index (χ2v) is 10.3. The standard InChI is InChI=1S/C31H28BNO2/c1-30(2)31(3,4)35-32(34-30)24-17-14-22(15-18-24)26-20-28(23-11-6-5-7-12-23)33-27-19-16-21-10-8-9-13-25(21)29(26)27/h5-20H,1-4H3. The highest BCUT2D eigenvalue weighted by Crippen LogP contribution is 2.38. The maximum atomic E-state index is 6.27. The molecule has 35 heavy (non-hydrogen) atoms. The molecule has 0 amide bonds. The third kappa shape index (κ3) is 3.74. The van der Waals surface area contributed by atoms with Gasteiger partial charge in [-0.25, -0.2) is 4.98 Å². The fraction of sp³-hybridized carbons (Fsp3) is 0.194. The fourth-order valence-corrected chi connectivity index (χ4v) is 4.79. The highest BCUT2D eigenvalue weighted by molar-refractivity contribution is 6.62. The molecule has 4 aromatic carbocycles. The molecule has 5 aromatic rings. The molecule has 3 nitrogen and oxygen atoms in total. The SMILES string of the molecule is CC1(C)OB(c2ccc(-c3cc(-c4ccccc4)nc4ccc5ccccc5c34)cc2)OC1(C)C. The van der Waals surface area contributed by atoms with E-state index in [0.717, 1.165) is 27.8 Å². The fourth-order valence-electron chi connectivity index (χ4n) is 4.79. The number of nitrogens with zero attached hydrogens (tertiary/aromatic N) is 1. The monoisotopic (exact) mass is 457 g/mol. The van der Waals surface area contributed by atoms with Crippen LogP contribution in [0, 0.1) is 0 Å². The first-order valence-corrected chi connectivity index (χ1v) is 12.2. The molecular formula is C31H28BNO2. The normalized spacial score (nSPS) is 16.7. The van der Waals surface area contributed by atoms with Crippen LogP contribution in [0.4, 0.5) is 0 Å². The summed E-state index contributed by atoms with van der Waals surface area (Å²) in [6.45, 7) is 8.34. The predicted molar refractivity (Wildman–Crippen MR) is 146 cm³/mol. The van der Waals surface area contributed by atoms with Gasteiger partial charge in [0.05, 0.1) is 22.4 Å². The van der Waals surface area contributed by atoms with Crippen LogP contribution in [0.3, 0.4) is 0 Å². The highest BCUT2D eigenvalue weighted by atomic mass is 16.7. The maximum Gasteiger partial charge on any atom is 0.494 e. The molecule has 172 valence electrons. The Bertz CT molecular complexity index is 1530. The zero-order valence-electron chi connectivity index (χ0n) is 20.6. The smallest absolute Gasteiger partial charge is 0.399 e. The molecular weight excluding hydrogens is 429 g/mol. The summed E-state index contributed by atoms with van der Waals surface area (Å²) in [5.41, 5.74) is 5.70. The summed E-state index contributed by atoms with van der Waals surface area (Å²) in [6.07, 6.45) is 0.